The highest BCUT2D eigenvalue weighted by atomic mass is 19.1. The number of likely N-dealkylation sites (N-methyl/N-ethyl adjacent to an activating group) is 1. The van der Waals surface area contributed by atoms with Crippen molar-refractivity contribution >= 4 is 17.3 Å². The molecule has 0 radical (unpaired) electrons. The molecular weight excluding hydrogens is 457 g/mol. The number of piperidine rings is 1. The van der Waals surface area contributed by atoms with Crippen LogP contribution in [0.25, 0.3) is 11.3 Å². The van der Waals surface area contributed by atoms with Crippen molar-refractivity contribution in [2.45, 2.75) is 52.6 Å². The molecule has 1 saturated heterocycles. The van der Waals surface area contributed by atoms with Gasteiger partial charge in [0, 0.05) is 62.0 Å². The highest BCUT2D eigenvalue weighted by Crippen LogP contribution is 2.29. The average Bonchev–Trinajstić information content (AvgIpc) is 3.36. The lowest BCUT2D eigenvalue weighted by molar-refractivity contribution is 0.103. The smallest absolute Gasteiger partial charge is 0.227 e. The number of hydrogen-bond acceptors (Lipinski definition) is 7. The summed E-state index contributed by atoms with van der Waals surface area (Å²) in [4.78, 5) is 13.6. The Kier molecular flexibility index (Phi) is 8.53. The fourth-order valence-corrected chi connectivity index (χ4v) is 4.58. The molecule has 1 aromatic carbocycles. The maximum Gasteiger partial charge on any atom is 0.227 e. The van der Waals surface area contributed by atoms with Crippen LogP contribution in [-0.4, -0.2) is 70.6 Å². The van der Waals surface area contributed by atoms with E-state index in [2.05, 4.69) is 51.1 Å². The van der Waals surface area contributed by atoms with Crippen molar-refractivity contribution in [2.75, 3.05) is 50.1 Å². The minimum Gasteiger partial charge on any atom is -0.380 e. The molecule has 3 aromatic rings. The Morgan fingerprint density at radius 3 is 2.83 bits per heavy atom. The predicted molar refractivity (Wildman–Crippen MR) is 142 cm³/mol. The molecule has 0 aliphatic carbocycles. The number of nitrogens with one attached hydrogen (secondary N) is 1. The minimum absolute atomic E-state index is 0.247. The summed E-state index contributed by atoms with van der Waals surface area (Å²) in [6.45, 7) is 12.1. The molecule has 1 aliphatic rings. The number of halogens is 1. The number of anilines is 3. The van der Waals surface area contributed by atoms with Gasteiger partial charge in [-0.05, 0) is 71.3 Å². The zero-order valence-corrected chi connectivity index (χ0v) is 22.0. The van der Waals surface area contributed by atoms with E-state index in [1.807, 2.05) is 43.1 Å². The summed E-state index contributed by atoms with van der Waals surface area (Å²) in [6.07, 6.45) is 7.73. The van der Waals surface area contributed by atoms with Crippen molar-refractivity contribution in [1.82, 2.24) is 24.6 Å². The van der Waals surface area contributed by atoms with E-state index in [9.17, 15) is 0 Å². The van der Waals surface area contributed by atoms with Gasteiger partial charge in [-0.3, -0.25) is 9.58 Å². The molecule has 0 unspecified atom stereocenters. The van der Waals surface area contributed by atoms with Crippen LogP contribution in [0, 0.1) is 12.7 Å². The zero-order chi connectivity index (χ0) is 25.7. The number of ether oxygens (including phenoxy) is 1. The molecule has 0 amide bonds. The normalized spacial score (nSPS) is 16.2. The van der Waals surface area contributed by atoms with Crippen molar-refractivity contribution in [3.63, 3.8) is 0 Å². The fraction of sp³-hybridized carbons (Fsp3) is 0.519. The topological polar surface area (TPSA) is 71.3 Å². The molecule has 4 rings (SSSR count). The van der Waals surface area contributed by atoms with Crippen molar-refractivity contribution in [3.8, 4) is 11.3 Å². The number of aryl methyl sites for hydroxylation is 1. The van der Waals surface area contributed by atoms with Gasteiger partial charge in [0.05, 0.1) is 24.2 Å². The van der Waals surface area contributed by atoms with Gasteiger partial charge in [0.1, 0.15) is 5.82 Å². The highest BCUT2D eigenvalue weighted by Gasteiger charge is 2.25. The first-order chi connectivity index (χ1) is 17.4. The summed E-state index contributed by atoms with van der Waals surface area (Å²) in [7, 11) is 2.13. The monoisotopic (exact) mass is 495 g/mol. The molecule has 36 heavy (non-hydrogen) atoms. The molecule has 0 spiro atoms. The van der Waals surface area contributed by atoms with E-state index in [4.69, 9.17) is 4.74 Å². The van der Waals surface area contributed by atoms with Crippen molar-refractivity contribution in [1.29, 1.82) is 0 Å². The van der Waals surface area contributed by atoms with Crippen LogP contribution in [0.4, 0.5) is 21.7 Å². The quantitative estimate of drug-likeness (QED) is 0.395. The number of rotatable bonds is 10. The summed E-state index contributed by atoms with van der Waals surface area (Å²) in [5, 5.41) is 7.59. The van der Waals surface area contributed by atoms with Crippen LogP contribution in [0.1, 0.15) is 45.2 Å². The van der Waals surface area contributed by atoms with Crippen LogP contribution < -0.4 is 10.2 Å². The van der Waals surface area contributed by atoms with E-state index in [0.29, 0.717) is 23.4 Å². The third-order valence-electron chi connectivity index (χ3n) is 6.73. The first kappa shape index (κ1) is 26.0. The highest BCUT2D eigenvalue weighted by molar-refractivity contribution is 5.65. The molecule has 1 aliphatic heterocycles. The molecular formula is C27H38FN7O. The van der Waals surface area contributed by atoms with Crippen molar-refractivity contribution in [2.24, 2.45) is 0 Å². The van der Waals surface area contributed by atoms with E-state index in [1.165, 1.54) is 6.07 Å². The Labute approximate surface area is 213 Å². The van der Waals surface area contributed by atoms with Gasteiger partial charge in [0.15, 0.2) is 0 Å². The molecule has 1 fully saturated rings. The fourth-order valence-electron chi connectivity index (χ4n) is 4.58. The standard InChI is InChI=1S/C27H38FN7O/c1-6-36-13-12-33(5)23-8-7-11-34(18-23)25-10-9-22(14-24(25)28)31-27-29-15-20(4)26(32-27)21-16-30-35(17-21)19(2)3/h9-10,14-17,19,23H,6-8,11-13,18H2,1-5H3,(H,29,31,32)/t23-/m0/s1. The van der Waals surface area contributed by atoms with E-state index in [-0.39, 0.29) is 11.9 Å². The second-order valence-electron chi connectivity index (χ2n) is 9.74. The summed E-state index contributed by atoms with van der Waals surface area (Å²) in [5.41, 5.74) is 3.95. The third-order valence-corrected chi connectivity index (χ3v) is 6.73. The third kappa shape index (κ3) is 6.20. The molecule has 1 atom stereocenters. The van der Waals surface area contributed by atoms with Gasteiger partial charge in [0.25, 0.3) is 0 Å². The Balaban J connectivity index is 1.45. The van der Waals surface area contributed by atoms with Gasteiger partial charge in [0.2, 0.25) is 5.95 Å². The van der Waals surface area contributed by atoms with Gasteiger partial charge < -0.3 is 15.0 Å². The Morgan fingerprint density at radius 1 is 1.28 bits per heavy atom. The minimum atomic E-state index is -0.247. The van der Waals surface area contributed by atoms with Gasteiger partial charge in [-0.15, -0.1) is 0 Å². The largest absolute Gasteiger partial charge is 0.380 e. The van der Waals surface area contributed by atoms with E-state index in [1.54, 1.807) is 6.20 Å². The van der Waals surface area contributed by atoms with Crippen molar-refractivity contribution in [3.05, 3.63) is 48.2 Å². The number of aromatic nitrogens is 4. The maximum absolute atomic E-state index is 15.2. The summed E-state index contributed by atoms with van der Waals surface area (Å²) in [6, 6.07) is 5.92. The molecule has 1 N–H and O–H groups in total. The molecule has 0 bridgehead atoms. The molecule has 194 valence electrons. The second kappa shape index (κ2) is 11.8. The molecule has 3 heterocycles. The van der Waals surface area contributed by atoms with E-state index < -0.39 is 0 Å². The first-order valence-corrected chi connectivity index (χ1v) is 12.8. The first-order valence-electron chi connectivity index (χ1n) is 12.8. The number of benzene rings is 1. The summed E-state index contributed by atoms with van der Waals surface area (Å²) in [5.74, 6) is 0.178. The molecule has 2 aromatic heterocycles. The SMILES string of the molecule is CCOCCN(C)[C@H]1CCCN(c2ccc(Nc3ncc(C)c(-c4cnn(C(C)C)c4)n3)cc2F)C1. The van der Waals surface area contributed by atoms with Crippen LogP contribution in [0.2, 0.25) is 0 Å². The Bertz CT molecular complexity index is 1150. The molecule has 0 saturated carbocycles. The van der Waals surface area contributed by atoms with Gasteiger partial charge in [-0.25, -0.2) is 14.4 Å². The number of nitrogens with zero attached hydrogens (tertiary/aromatic N) is 6. The summed E-state index contributed by atoms with van der Waals surface area (Å²) < 4.78 is 22.6. The molecule has 9 heteroatoms. The van der Waals surface area contributed by atoms with Crippen LogP contribution >= 0.6 is 0 Å². The maximum atomic E-state index is 15.2. The summed E-state index contributed by atoms with van der Waals surface area (Å²) >= 11 is 0. The molecule has 8 nitrogen and oxygen atoms in total. The number of hydrogen-bond donors (Lipinski definition) is 1. The lowest BCUT2D eigenvalue weighted by Gasteiger charge is -2.39. The lowest BCUT2D eigenvalue weighted by Crippen LogP contribution is -2.47. The van der Waals surface area contributed by atoms with Gasteiger partial charge >= 0.3 is 0 Å². The van der Waals surface area contributed by atoms with Crippen LogP contribution in [0.3, 0.4) is 0 Å². The second-order valence-corrected chi connectivity index (χ2v) is 9.74. The van der Waals surface area contributed by atoms with Crippen LogP contribution in [-0.2, 0) is 4.74 Å². The van der Waals surface area contributed by atoms with Crippen LogP contribution in [0.15, 0.2) is 36.8 Å². The zero-order valence-electron chi connectivity index (χ0n) is 22.0. The van der Waals surface area contributed by atoms with Crippen LogP contribution in [0.5, 0.6) is 0 Å². The Hall–Kier alpha value is -3.04. The van der Waals surface area contributed by atoms with Gasteiger partial charge in [-0.1, -0.05) is 0 Å². The lowest BCUT2D eigenvalue weighted by atomic mass is 10.0. The van der Waals surface area contributed by atoms with Crippen molar-refractivity contribution < 1.29 is 9.13 Å². The van der Waals surface area contributed by atoms with E-state index in [0.717, 1.165) is 62.5 Å². The van der Waals surface area contributed by atoms with E-state index >= 15 is 4.39 Å². The average molecular weight is 496 g/mol. The predicted octanol–water partition coefficient (Wildman–Crippen LogP) is 5.05. The van der Waals surface area contributed by atoms with Gasteiger partial charge in [-0.2, -0.15) is 5.10 Å². The Morgan fingerprint density at radius 2 is 2.11 bits per heavy atom.